The molecule has 0 atom stereocenters. The molecule has 0 amide bonds. The van der Waals surface area contributed by atoms with Crippen LogP contribution in [0.4, 0.5) is 0 Å². The van der Waals surface area contributed by atoms with Crippen molar-refractivity contribution >= 4 is 12.0 Å². The Labute approximate surface area is 118 Å². The lowest BCUT2D eigenvalue weighted by molar-refractivity contribution is -0.134. The summed E-state index contributed by atoms with van der Waals surface area (Å²) in [5.74, 6) is -0.680. The van der Waals surface area contributed by atoms with Gasteiger partial charge in [-0.3, -0.25) is 0 Å². The first-order chi connectivity index (χ1) is 9.54. The van der Waals surface area contributed by atoms with Crippen LogP contribution in [0.2, 0.25) is 0 Å². The summed E-state index contributed by atoms with van der Waals surface area (Å²) in [6, 6.07) is 14.8. The van der Waals surface area contributed by atoms with E-state index in [4.69, 9.17) is 4.74 Å². The van der Waals surface area contributed by atoms with E-state index in [2.05, 4.69) is 0 Å². The Morgan fingerprint density at radius 3 is 1.95 bits per heavy atom. The molecule has 20 heavy (non-hydrogen) atoms. The highest BCUT2D eigenvalue weighted by Gasteiger charge is 2.10. The quantitative estimate of drug-likeness (QED) is 0.677. The normalized spacial score (nSPS) is 11.2. The molecule has 0 aliphatic carbocycles. The van der Waals surface area contributed by atoms with Gasteiger partial charge in [0.05, 0.1) is 0 Å². The minimum absolute atomic E-state index is 0.0993. The van der Waals surface area contributed by atoms with E-state index < -0.39 is 5.97 Å². The van der Waals surface area contributed by atoms with Crippen LogP contribution in [0.25, 0.3) is 6.08 Å². The molecule has 0 unspecified atom stereocenters. The molecule has 0 aliphatic heterocycles. The van der Waals surface area contributed by atoms with E-state index in [1.165, 1.54) is 6.08 Å². The third-order valence-corrected chi connectivity index (χ3v) is 2.83. The van der Waals surface area contributed by atoms with E-state index in [1.54, 1.807) is 12.1 Å². The Kier molecular flexibility index (Phi) is 4.20. The Morgan fingerprint density at radius 2 is 1.45 bits per heavy atom. The number of hydrogen-bond acceptors (Lipinski definition) is 2. The Hall–Kier alpha value is -2.55. The fraction of sp³-hybridized carbons (Fsp3) is 0.118. The lowest BCUT2D eigenvalue weighted by atomic mass is 10.1. The number of carboxylic acid groups (broad SMARTS) is 1. The van der Waals surface area contributed by atoms with Gasteiger partial charge in [-0.2, -0.15) is 0 Å². The Balaban J connectivity index is 2.25. The molecule has 0 aliphatic rings. The predicted molar refractivity (Wildman–Crippen MR) is 78.6 cm³/mol. The van der Waals surface area contributed by atoms with Crippen molar-refractivity contribution in [3.8, 4) is 5.75 Å². The maximum atomic E-state index is 11.2. The van der Waals surface area contributed by atoms with E-state index in [0.717, 1.165) is 16.7 Å². The molecule has 3 heteroatoms. The van der Waals surface area contributed by atoms with E-state index >= 15 is 0 Å². The Bertz CT molecular complexity index is 622. The monoisotopic (exact) mass is 268 g/mol. The molecule has 3 nitrogen and oxygen atoms in total. The van der Waals surface area contributed by atoms with Gasteiger partial charge in [-0.1, -0.05) is 47.5 Å². The van der Waals surface area contributed by atoms with Crippen molar-refractivity contribution in [3.63, 3.8) is 0 Å². The molecule has 0 saturated carbocycles. The molecule has 1 N–H and O–H groups in total. The van der Waals surface area contributed by atoms with E-state index in [-0.39, 0.29) is 5.76 Å². The van der Waals surface area contributed by atoms with Gasteiger partial charge in [0, 0.05) is 0 Å². The maximum Gasteiger partial charge on any atom is 0.371 e. The first-order valence-corrected chi connectivity index (χ1v) is 6.31. The topological polar surface area (TPSA) is 46.5 Å². The fourth-order valence-corrected chi connectivity index (χ4v) is 1.68. The number of aryl methyl sites for hydroxylation is 2. The molecule has 0 fully saturated rings. The Morgan fingerprint density at radius 1 is 0.950 bits per heavy atom. The number of carbonyl (C=O) groups is 1. The summed E-state index contributed by atoms with van der Waals surface area (Å²) in [4.78, 5) is 11.2. The molecule has 0 radical (unpaired) electrons. The van der Waals surface area contributed by atoms with Crippen LogP contribution in [0, 0.1) is 13.8 Å². The molecule has 2 aromatic rings. The first-order valence-electron chi connectivity index (χ1n) is 6.31. The standard InChI is InChI=1S/C17H16O3/c1-12-3-7-14(8-4-12)11-16(17(18)19)20-15-9-5-13(2)6-10-15/h3-11H,1-2H3,(H,18,19)/b16-11-. The average molecular weight is 268 g/mol. The first kappa shape index (κ1) is 13.9. The minimum Gasteiger partial charge on any atom is -0.475 e. The van der Waals surface area contributed by atoms with Crippen molar-refractivity contribution in [1.82, 2.24) is 0 Å². The highest BCUT2D eigenvalue weighted by atomic mass is 16.5. The van der Waals surface area contributed by atoms with Crippen LogP contribution in [0.1, 0.15) is 16.7 Å². The van der Waals surface area contributed by atoms with Crippen LogP contribution in [-0.2, 0) is 4.79 Å². The zero-order chi connectivity index (χ0) is 14.5. The predicted octanol–water partition coefficient (Wildman–Crippen LogP) is 3.81. The van der Waals surface area contributed by atoms with Crippen molar-refractivity contribution in [2.45, 2.75) is 13.8 Å². The van der Waals surface area contributed by atoms with Gasteiger partial charge < -0.3 is 9.84 Å². The summed E-state index contributed by atoms with van der Waals surface area (Å²) in [5.41, 5.74) is 3.01. The highest BCUT2D eigenvalue weighted by Crippen LogP contribution is 2.17. The summed E-state index contributed by atoms with van der Waals surface area (Å²) in [6.07, 6.45) is 1.52. The van der Waals surface area contributed by atoms with Crippen molar-refractivity contribution in [2.75, 3.05) is 0 Å². The molecule has 2 rings (SSSR count). The largest absolute Gasteiger partial charge is 0.475 e. The summed E-state index contributed by atoms with van der Waals surface area (Å²) >= 11 is 0. The van der Waals surface area contributed by atoms with Crippen molar-refractivity contribution in [2.24, 2.45) is 0 Å². The minimum atomic E-state index is -1.09. The zero-order valence-electron chi connectivity index (χ0n) is 11.5. The van der Waals surface area contributed by atoms with Crippen LogP contribution >= 0.6 is 0 Å². The SMILES string of the molecule is Cc1ccc(/C=C(\Oc2ccc(C)cc2)C(=O)O)cc1. The number of carboxylic acids is 1. The van der Waals surface area contributed by atoms with Gasteiger partial charge in [-0.05, 0) is 37.6 Å². The average Bonchev–Trinajstić information content (AvgIpc) is 2.42. The summed E-state index contributed by atoms with van der Waals surface area (Å²) in [5, 5.41) is 9.21. The van der Waals surface area contributed by atoms with Gasteiger partial charge in [-0.25, -0.2) is 4.79 Å². The molecule has 0 spiro atoms. The van der Waals surface area contributed by atoms with Crippen LogP contribution < -0.4 is 4.74 Å². The number of ether oxygens (including phenoxy) is 1. The lowest BCUT2D eigenvalue weighted by Crippen LogP contribution is -2.07. The van der Waals surface area contributed by atoms with Crippen LogP contribution in [0.3, 0.4) is 0 Å². The summed E-state index contributed by atoms with van der Waals surface area (Å²) in [7, 11) is 0. The fourth-order valence-electron chi connectivity index (χ4n) is 1.68. The van der Waals surface area contributed by atoms with Gasteiger partial charge in [0.15, 0.2) is 0 Å². The highest BCUT2D eigenvalue weighted by molar-refractivity contribution is 5.90. The second-order valence-electron chi connectivity index (χ2n) is 4.64. The van der Waals surface area contributed by atoms with Gasteiger partial charge in [0.2, 0.25) is 5.76 Å². The van der Waals surface area contributed by atoms with E-state index in [9.17, 15) is 9.90 Å². The van der Waals surface area contributed by atoms with Crippen molar-refractivity contribution in [3.05, 3.63) is 71.0 Å². The van der Waals surface area contributed by atoms with Crippen LogP contribution in [0.15, 0.2) is 54.3 Å². The molecule has 0 heterocycles. The second kappa shape index (κ2) is 6.06. The second-order valence-corrected chi connectivity index (χ2v) is 4.64. The molecular formula is C17H16O3. The van der Waals surface area contributed by atoms with E-state index in [1.807, 2.05) is 50.2 Å². The molecule has 102 valence electrons. The zero-order valence-corrected chi connectivity index (χ0v) is 11.5. The number of aliphatic carboxylic acids is 1. The number of benzene rings is 2. The molecular weight excluding hydrogens is 252 g/mol. The number of hydrogen-bond donors (Lipinski definition) is 1. The van der Waals surface area contributed by atoms with Gasteiger partial charge in [0.1, 0.15) is 5.75 Å². The lowest BCUT2D eigenvalue weighted by Gasteiger charge is -2.07. The van der Waals surface area contributed by atoms with Gasteiger partial charge in [-0.15, -0.1) is 0 Å². The summed E-state index contributed by atoms with van der Waals surface area (Å²) in [6.45, 7) is 3.94. The molecule has 0 aromatic heterocycles. The molecule has 0 saturated heterocycles. The van der Waals surface area contributed by atoms with Crippen molar-refractivity contribution < 1.29 is 14.6 Å². The van der Waals surface area contributed by atoms with Crippen molar-refractivity contribution in [1.29, 1.82) is 0 Å². The molecule has 2 aromatic carbocycles. The smallest absolute Gasteiger partial charge is 0.371 e. The molecule has 0 bridgehead atoms. The van der Waals surface area contributed by atoms with Crippen LogP contribution in [-0.4, -0.2) is 11.1 Å². The number of rotatable bonds is 4. The van der Waals surface area contributed by atoms with E-state index in [0.29, 0.717) is 5.75 Å². The third kappa shape index (κ3) is 3.72. The van der Waals surface area contributed by atoms with Gasteiger partial charge >= 0.3 is 5.97 Å². The summed E-state index contributed by atoms with van der Waals surface area (Å²) < 4.78 is 5.43. The van der Waals surface area contributed by atoms with Gasteiger partial charge in [0.25, 0.3) is 0 Å². The van der Waals surface area contributed by atoms with Crippen LogP contribution in [0.5, 0.6) is 5.75 Å². The third-order valence-electron chi connectivity index (χ3n) is 2.83. The maximum absolute atomic E-state index is 11.2.